The number of hydrogen-bond acceptors (Lipinski definition) is 4. The van der Waals surface area contributed by atoms with Gasteiger partial charge in [-0.15, -0.1) is 0 Å². The van der Waals surface area contributed by atoms with Crippen LogP contribution in [0.4, 0.5) is 0 Å². The van der Waals surface area contributed by atoms with Crippen LogP contribution in [0.2, 0.25) is 0 Å². The first-order chi connectivity index (χ1) is 9.22. The largest absolute Gasteiger partial charge is 0.493 e. The Kier molecular flexibility index (Phi) is 5.05. The van der Waals surface area contributed by atoms with Gasteiger partial charge in [0.05, 0.1) is 20.3 Å². The molecule has 0 aromatic heterocycles. The van der Waals surface area contributed by atoms with E-state index in [1.54, 1.807) is 7.11 Å². The summed E-state index contributed by atoms with van der Waals surface area (Å²) in [6.07, 6.45) is 2.62. The van der Waals surface area contributed by atoms with Gasteiger partial charge in [-0.1, -0.05) is 13.0 Å². The maximum atomic E-state index is 9.09. The van der Waals surface area contributed by atoms with Crippen LogP contribution in [0.25, 0.3) is 0 Å². The number of rotatable bonds is 8. The van der Waals surface area contributed by atoms with Crippen molar-refractivity contribution in [2.45, 2.75) is 32.4 Å². The summed E-state index contributed by atoms with van der Waals surface area (Å²) < 4.78 is 11.1. The molecule has 1 aromatic rings. The van der Waals surface area contributed by atoms with Crippen LogP contribution in [-0.2, 0) is 6.61 Å². The summed E-state index contributed by atoms with van der Waals surface area (Å²) >= 11 is 0. The van der Waals surface area contributed by atoms with Crippen molar-refractivity contribution in [1.82, 2.24) is 5.32 Å². The van der Waals surface area contributed by atoms with Gasteiger partial charge in [0.15, 0.2) is 11.5 Å². The molecule has 0 amide bonds. The van der Waals surface area contributed by atoms with Gasteiger partial charge < -0.3 is 19.9 Å². The van der Waals surface area contributed by atoms with E-state index >= 15 is 0 Å². The molecule has 0 aliphatic heterocycles. The highest BCUT2D eigenvalue weighted by molar-refractivity contribution is 5.42. The van der Waals surface area contributed by atoms with E-state index in [4.69, 9.17) is 14.6 Å². The number of methoxy groups -OCH3 is 1. The Labute approximate surface area is 114 Å². The minimum absolute atomic E-state index is 0.0123. The fraction of sp³-hybridized carbons (Fsp3) is 0.600. The van der Waals surface area contributed by atoms with Gasteiger partial charge in [0.2, 0.25) is 0 Å². The molecule has 1 fully saturated rings. The van der Waals surface area contributed by atoms with Crippen molar-refractivity contribution in [3.63, 3.8) is 0 Å². The smallest absolute Gasteiger partial charge is 0.161 e. The third-order valence-corrected chi connectivity index (χ3v) is 3.27. The van der Waals surface area contributed by atoms with Gasteiger partial charge in [0.25, 0.3) is 0 Å². The Morgan fingerprint density at radius 1 is 1.37 bits per heavy atom. The maximum Gasteiger partial charge on any atom is 0.161 e. The fourth-order valence-electron chi connectivity index (χ4n) is 1.88. The van der Waals surface area contributed by atoms with Gasteiger partial charge in [-0.2, -0.15) is 0 Å². The topological polar surface area (TPSA) is 50.7 Å². The number of benzene rings is 1. The molecule has 1 unspecified atom stereocenters. The molecular formula is C15H23NO3. The zero-order chi connectivity index (χ0) is 13.7. The summed E-state index contributed by atoms with van der Waals surface area (Å²) in [6.45, 7) is 3.83. The summed E-state index contributed by atoms with van der Waals surface area (Å²) in [5.41, 5.74) is 0.827. The molecule has 2 rings (SSSR count). The number of hydrogen-bond donors (Lipinski definition) is 2. The second-order valence-electron chi connectivity index (χ2n) is 5.24. The normalized spacial score (nSPS) is 16.2. The maximum absolute atomic E-state index is 9.09. The Hall–Kier alpha value is -1.26. The first-order valence-corrected chi connectivity index (χ1v) is 6.87. The minimum atomic E-state index is 0.0123. The average Bonchev–Trinajstić information content (AvgIpc) is 3.26. The number of aliphatic hydroxyl groups excluding tert-OH is 1. The number of ether oxygens (including phenoxy) is 2. The van der Waals surface area contributed by atoms with E-state index in [1.807, 2.05) is 18.2 Å². The Morgan fingerprint density at radius 2 is 2.16 bits per heavy atom. The first kappa shape index (κ1) is 14.2. The van der Waals surface area contributed by atoms with Crippen LogP contribution >= 0.6 is 0 Å². The third kappa shape index (κ3) is 4.40. The molecule has 1 aliphatic rings. The van der Waals surface area contributed by atoms with Gasteiger partial charge in [-0.25, -0.2) is 0 Å². The molecule has 1 saturated carbocycles. The summed E-state index contributed by atoms with van der Waals surface area (Å²) in [4.78, 5) is 0. The summed E-state index contributed by atoms with van der Waals surface area (Å²) in [7, 11) is 1.61. The van der Waals surface area contributed by atoms with Gasteiger partial charge in [0.1, 0.15) is 0 Å². The van der Waals surface area contributed by atoms with Crippen molar-refractivity contribution in [3.05, 3.63) is 23.8 Å². The van der Waals surface area contributed by atoms with Crippen LogP contribution in [0.5, 0.6) is 11.5 Å². The third-order valence-electron chi connectivity index (χ3n) is 3.27. The number of nitrogens with one attached hydrogen (secondary N) is 1. The summed E-state index contributed by atoms with van der Waals surface area (Å²) in [5.74, 6) is 1.87. The molecule has 0 spiro atoms. The van der Waals surface area contributed by atoms with Crippen molar-refractivity contribution >= 4 is 0 Å². The van der Waals surface area contributed by atoms with E-state index in [0.717, 1.165) is 23.9 Å². The van der Waals surface area contributed by atoms with Gasteiger partial charge in [-0.05, 0) is 30.5 Å². The lowest BCUT2D eigenvalue weighted by Gasteiger charge is -2.16. The van der Waals surface area contributed by atoms with Gasteiger partial charge in [0, 0.05) is 18.5 Å². The van der Waals surface area contributed by atoms with Gasteiger partial charge >= 0.3 is 0 Å². The predicted octanol–water partition coefficient (Wildman–Crippen LogP) is 1.95. The average molecular weight is 265 g/mol. The Bertz CT molecular complexity index is 404. The molecule has 2 N–H and O–H groups in total. The highest BCUT2D eigenvalue weighted by atomic mass is 16.5. The lowest BCUT2D eigenvalue weighted by atomic mass is 10.2. The second-order valence-corrected chi connectivity index (χ2v) is 5.24. The molecule has 0 saturated heterocycles. The Balaban J connectivity index is 1.83. The molecule has 4 nitrogen and oxygen atoms in total. The lowest BCUT2D eigenvalue weighted by Crippen LogP contribution is -2.26. The van der Waals surface area contributed by atoms with E-state index in [0.29, 0.717) is 18.3 Å². The van der Waals surface area contributed by atoms with Crippen LogP contribution in [0, 0.1) is 5.92 Å². The van der Waals surface area contributed by atoms with E-state index in [-0.39, 0.29) is 6.61 Å². The molecular weight excluding hydrogens is 242 g/mol. The minimum Gasteiger partial charge on any atom is -0.493 e. The molecule has 19 heavy (non-hydrogen) atoms. The fourth-order valence-corrected chi connectivity index (χ4v) is 1.88. The standard InChI is InChI=1S/C15H23NO3/c1-11(8-16-13-4-5-13)10-19-14-6-3-12(9-17)7-15(14)18-2/h3,6-7,11,13,16-17H,4-5,8-10H2,1-2H3. The zero-order valence-corrected chi connectivity index (χ0v) is 11.7. The molecule has 1 atom stereocenters. The number of aliphatic hydroxyl groups is 1. The monoisotopic (exact) mass is 265 g/mol. The summed E-state index contributed by atoms with van der Waals surface area (Å²) in [6, 6.07) is 6.25. The van der Waals surface area contributed by atoms with Gasteiger partial charge in [-0.3, -0.25) is 0 Å². The van der Waals surface area contributed by atoms with Crippen LogP contribution in [0.15, 0.2) is 18.2 Å². The molecule has 0 radical (unpaired) electrons. The van der Waals surface area contributed by atoms with Crippen molar-refractivity contribution in [1.29, 1.82) is 0 Å². The zero-order valence-electron chi connectivity index (χ0n) is 11.7. The van der Waals surface area contributed by atoms with E-state index < -0.39 is 0 Å². The molecule has 1 aromatic carbocycles. The SMILES string of the molecule is COc1cc(CO)ccc1OCC(C)CNC1CC1. The summed E-state index contributed by atoms with van der Waals surface area (Å²) in [5, 5.41) is 12.6. The van der Waals surface area contributed by atoms with Crippen LogP contribution in [0.1, 0.15) is 25.3 Å². The van der Waals surface area contributed by atoms with Crippen molar-refractivity contribution in [3.8, 4) is 11.5 Å². The van der Waals surface area contributed by atoms with E-state index in [2.05, 4.69) is 12.2 Å². The van der Waals surface area contributed by atoms with Crippen LogP contribution in [0.3, 0.4) is 0 Å². The quantitative estimate of drug-likeness (QED) is 0.754. The van der Waals surface area contributed by atoms with Crippen LogP contribution < -0.4 is 14.8 Å². The van der Waals surface area contributed by atoms with E-state index in [1.165, 1.54) is 12.8 Å². The highest BCUT2D eigenvalue weighted by Gasteiger charge is 2.21. The first-order valence-electron chi connectivity index (χ1n) is 6.87. The van der Waals surface area contributed by atoms with E-state index in [9.17, 15) is 0 Å². The Morgan fingerprint density at radius 3 is 2.79 bits per heavy atom. The molecule has 0 bridgehead atoms. The highest BCUT2D eigenvalue weighted by Crippen LogP contribution is 2.28. The second kappa shape index (κ2) is 6.78. The van der Waals surface area contributed by atoms with Crippen molar-refractivity contribution in [2.24, 2.45) is 5.92 Å². The molecule has 1 aliphatic carbocycles. The van der Waals surface area contributed by atoms with Crippen LogP contribution in [-0.4, -0.2) is 31.4 Å². The van der Waals surface area contributed by atoms with Crippen molar-refractivity contribution in [2.75, 3.05) is 20.3 Å². The predicted molar refractivity (Wildman–Crippen MR) is 74.6 cm³/mol. The lowest BCUT2D eigenvalue weighted by molar-refractivity contribution is 0.242. The van der Waals surface area contributed by atoms with Crippen molar-refractivity contribution < 1.29 is 14.6 Å². The molecule has 4 heteroatoms. The molecule has 0 heterocycles. The molecule has 106 valence electrons.